The maximum atomic E-state index is 11.6. The third-order valence-electron chi connectivity index (χ3n) is 2.38. The Morgan fingerprint density at radius 3 is 2.26 bits per heavy atom. The van der Waals surface area contributed by atoms with Crippen LogP contribution in [0.2, 0.25) is 0 Å². The number of carboxylic acids is 1. The number of rotatable bonds is 6. The van der Waals surface area contributed by atoms with Crippen LogP contribution >= 0.6 is 0 Å². The van der Waals surface area contributed by atoms with E-state index in [1.165, 1.54) is 0 Å². The summed E-state index contributed by atoms with van der Waals surface area (Å²) in [6.07, 6.45) is -0.439. The largest absolute Gasteiger partial charge is 0.480 e. The number of carbonyl (C=O) groups excluding carboxylic acids is 2. The predicted molar refractivity (Wildman–Crippen MR) is 67.9 cm³/mol. The second-order valence-electron chi connectivity index (χ2n) is 4.05. The number of aliphatic carboxylic acids is 1. The summed E-state index contributed by atoms with van der Waals surface area (Å²) in [6.45, 7) is 0. The van der Waals surface area contributed by atoms with Gasteiger partial charge in [0.15, 0.2) is 0 Å². The van der Waals surface area contributed by atoms with Crippen LogP contribution in [-0.2, 0) is 20.8 Å². The highest BCUT2D eigenvalue weighted by Gasteiger charge is 2.21. The van der Waals surface area contributed by atoms with Crippen molar-refractivity contribution in [2.45, 2.75) is 18.9 Å². The van der Waals surface area contributed by atoms with Crippen LogP contribution in [0.15, 0.2) is 24.3 Å². The normalized spacial score (nSPS) is 11.6. The Balaban J connectivity index is 2.59. The van der Waals surface area contributed by atoms with Gasteiger partial charge >= 0.3 is 5.97 Å². The zero-order valence-electron chi connectivity index (χ0n) is 10.1. The molecule has 0 aromatic heterocycles. The van der Waals surface area contributed by atoms with Gasteiger partial charge < -0.3 is 21.9 Å². The van der Waals surface area contributed by atoms with Gasteiger partial charge in [-0.1, -0.05) is 12.1 Å². The van der Waals surface area contributed by atoms with E-state index in [1.807, 2.05) is 0 Å². The second kappa shape index (κ2) is 6.39. The fourth-order valence-corrected chi connectivity index (χ4v) is 1.47. The van der Waals surface area contributed by atoms with Crippen molar-refractivity contribution in [2.24, 2.45) is 5.73 Å². The van der Waals surface area contributed by atoms with Gasteiger partial charge in [-0.3, -0.25) is 9.59 Å². The summed E-state index contributed by atoms with van der Waals surface area (Å²) in [5.41, 5.74) is 11.7. The molecule has 0 heterocycles. The summed E-state index contributed by atoms with van der Waals surface area (Å²) < 4.78 is 0. The van der Waals surface area contributed by atoms with Crippen molar-refractivity contribution in [1.82, 2.24) is 5.32 Å². The van der Waals surface area contributed by atoms with E-state index in [0.717, 1.165) is 0 Å². The average molecular weight is 265 g/mol. The molecule has 102 valence electrons. The van der Waals surface area contributed by atoms with Crippen molar-refractivity contribution >= 4 is 23.5 Å². The van der Waals surface area contributed by atoms with E-state index in [1.54, 1.807) is 24.3 Å². The standard InChI is InChI=1S/C12H15N3O4/c13-8-3-1-7(2-4-8)5-11(17)15-9(12(18)19)6-10(14)16/h1-4,9H,5-6,13H2,(H2,14,16)(H,15,17)(H,18,19)/t9-/m1/s1. The Hall–Kier alpha value is -2.57. The fraction of sp³-hybridized carbons (Fsp3) is 0.250. The van der Waals surface area contributed by atoms with E-state index in [2.05, 4.69) is 5.32 Å². The van der Waals surface area contributed by atoms with Gasteiger partial charge in [0.2, 0.25) is 11.8 Å². The quantitative estimate of drug-likeness (QED) is 0.502. The Labute approximate surface area is 109 Å². The van der Waals surface area contributed by atoms with Crippen LogP contribution in [0, 0.1) is 0 Å². The highest BCUT2D eigenvalue weighted by atomic mass is 16.4. The molecule has 2 amide bonds. The first-order valence-electron chi connectivity index (χ1n) is 5.53. The number of hydrogen-bond acceptors (Lipinski definition) is 4. The first kappa shape index (κ1) is 14.5. The van der Waals surface area contributed by atoms with Gasteiger partial charge in [-0.25, -0.2) is 4.79 Å². The molecule has 0 aliphatic heterocycles. The van der Waals surface area contributed by atoms with E-state index in [9.17, 15) is 14.4 Å². The number of hydrogen-bond donors (Lipinski definition) is 4. The van der Waals surface area contributed by atoms with Gasteiger partial charge in [-0.15, -0.1) is 0 Å². The van der Waals surface area contributed by atoms with Crippen molar-refractivity contribution in [3.8, 4) is 0 Å². The number of carboxylic acid groups (broad SMARTS) is 1. The number of benzene rings is 1. The molecule has 7 nitrogen and oxygen atoms in total. The molecule has 0 fully saturated rings. The van der Waals surface area contributed by atoms with Gasteiger partial charge in [-0.2, -0.15) is 0 Å². The maximum Gasteiger partial charge on any atom is 0.326 e. The zero-order valence-corrected chi connectivity index (χ0v) is 10.1. The third-order valence-corrected chi connectivity index (χ3v) is 2.38. The molecule has 0 saturated heterocycles. The SMILES string of the molecule is NC(=O)C[C@@H](NC(=O)Cc1ccc(N)cc1)C(=O)O. The Morgan fingerprint density at radius 1 is 1.21 bits per heavy atom. The van der Waals surface area contributed by atoms with Gasteiger partial charge in [0, 0.05) is 5.69 Å². The first-order chi connectivity index (χ1) is 8.88. The van der Waals surface area contributed by atoms with E-state index >= 15 is 0 Å². The minimum atomic E-state index is -1.31. The predicted octanol–water partition coefficient (Wildman–Crippen LogP) is -0.744. The molecule has 0 spiro atoms. The summed E-state index contributed by atoms with van der Waals surface area (Å²) in [6, 6.07) is 5.30. The molecule has 1 rings (SSSR count). The van der Waals surface area contributed by atoms with Crippen molar-refractivity contribution in [2.75, 3.05) is 5.73 Å². The van der Waals surface area contributed by atoms with E-state index in [-0.39, 0.29) is 6.42 Å². The van der Waals surface area contributed by atoms with Crippen molar-refractivity contribution < 1.29 is 19.5 Å². The summed E-state index contributed by atoms with van der Waals surface area (Å²) in [5, 5.41) is 11.1. The van der Waals surface area contributed by atoms with Crippen LogP contribution in [0.5, 0.6) is 0 Å². The van der Waals surface area contributed by atoms with Crippen molar-refractivity contribution in [1.29, 1.82) is 0 Å². The van der Waals surface area contributed by atoms with Gasteiger partial charge in [0.1, 0.15) is 6.04 Å². The van der Waals surface area contributed by atoms with Gasteiger partial charge in [0.05, 0.1) is 12.8 Å². The lowest BCUT2D eigenvalue weighted by Crippen LogP contribution is -2.43. The Bertz CT molecular complexity index is 484. The fourth-order valence-electron chi connectivity index (χ4n) is 1.47. The highest BCUT2D eigenvalue weighted by molar-refractivity contribution is 5.88. The second-order valence-corrected chi connectivity index (χ2v) is 4.05. The number of primary amides is 1. The van der Waals surface area contributed by atoms with Gasteiger partial charge in [0.25, 0.3) is 0 Å². The average Bonchev–Trinajstić information content (AvgIpc) is 2.30. The minimum Gasteiger partial charge on any atom is -0.480 e. The molecule has 0 unspecified atom stereocenters. The molecule has 0 aliphatic rings. The van der Waals surface area contributed by atoms with E-state index in [0.29, 0.717) is 11.3 Å². The molecule has 19 heavy (non-hydrogen) atoms. The number of nitrogen functional groups attached to an aromatic ring is 1. The molecular formula is C12H15N3O4. The number of anilines is 1. The monoisotopic (exact) mass is 265 g/mol. The number of nitrogens with one attached hydrogen (secondary N) is 1. The van der Waals surface area contributed by atoms with Crippen molar-refractivity contribution in [3.05, 3.63) is 29.8 Å². The lowest BCUT2D eigenvalue weighted by Gasteiger charge is -2.12. The van der Waals surface area contributed by atoms with E-state index < -0.39 is 30.2 Å². The Morgan fingerprint density at radius 2 is 1.79 bits per heavy atom. The van der Waals surface area contributed by atoms with Crippen LogP contribution in [-0.4, -0.2) is 28.9 Å². The molecule has 0 aliphatic carbocycles. The minimum absolute atomic E-state index is 0.00280. The van der Waals surface area contributed by atoms with Crippen LogP contribution in [0.3, 0.4) is 0 Å². The van der Waals surface area contributed by atoms with Gasteiger partial charge in [-0.05, 0) is 17.7 Å². The van der Waals surface area contributed by atoms with Crippen molar-refractivity contribution in [3.63, 3.8) is 0 Å². The number of carbonyl (C=O) groups is 3. The molecule has 0 saturated carbocycles. The molecule has 7 heteroatoms. The summed E-state index contributed by atoms with van der Waals surface area (Å²) in [5.74, 6) is -2.59. The molecule has 1 aromatic rings. The lowest BCUT2D eigenvalue weighted by atomic mass is 10.1. The molecule has 0 bridgehead atoms. The van der Waals surface area contributed by atoms with Crippen LogP contribution in [0.25, 0.3) is 0 Å². The molecular weight excluding hydrogens is 250 g/mol. The number of amides is 2. The molecule has 6 N–H and O–H groups in total. The highest BCUT2D eigenvalue weighted by Crippen LogP contribution is 2.06. The first-order valence-corrected chi connectivity index (χ1v) is 5.53. The zero-order chi connectivity index (χ0) is 14.4. The molecule has 1 aromatic carbocycles. The van der Waals surface area contributed by atoms with E-state index in [4.69, 9.17) is 16.6 Å². The summed E-state index contributed by atoms with van der Waals surface area (Å²) in [4.78, 5) is 33.1. The topological polar surface area (TPSA) is 136 Å². The van der Waals surface area contributed by atoms with Crippen LogP contribution in [0.1, 0.15) is 12.0 Å². The smallest absolute Gasteiger partial charge is 0.326 e. The van der Waals surface area contributed by atoms with Crippen LogP contribution < -0.4 is 16.8 Å². The molecule has 1 atom stereocenters. The summed E-state index contributed by atoms with van der Waals surface area (Å²) in [7, 11) is 0. The Kier molecular flexibility index (Phi) is 4.87. The maximum absolute atomic E-state index is 11.6. The summed E-state index contributed by atoms with van der Waals surface area (Å²) >= 11 is 0. The lowest BCUT2D eigenvalue weighted by molar-refractivity contribution is -0.143. The molecule has 0 radical (unpaired) electrons. The number of nitrogens with two attached hydrogens (primary N) is 2. The van der Waals surface area contributed by atoms with Crippen LogP contribution in [0.4, 0.5) is 5.69 Å². The third kappa shape index (κ3) is 5.07.